The van der Waals surface area contributed by atoms with Crippen LogP contribution in [0.3, 0.4) is 0 Å². The molecule has 1 aromatic carbocycles. The van der Waals surface area contributed by atoms with E-state index in [1.807, 2.05) is 28.8 Å². The number of anilines is 1. The van der Waals surface area contributed by atoms with Crippen LogP contribution in [0.4, 0.5) is 5.82 Å². The predicted molar refractivity (Wildman–Crippen MR) is 142 cm³/mol. The Morgan fingerprint density at radius 3 is 2.47 bits per heavy atom. The highest BCUT2D eigenvalue weighted by Gasteiger charge is 2.41. The molecule has 6 atom stereocenters. The first-order valence-electron chi connectivity index (χ1n) is 14.3. The van der Waals surface area contributed by atoms with Crippen LogP contribution in [0, 0.1) is 11.8 Å². The average Bonchev–Trinajstić information content (AvgIpc) is 2.83. The number of nitrogens with zero attached hydrogens (tertiary/aromatic N) is 4. The van der Waals surface area contributed by atoms with E-state index in [-0.39, 0.29) is 11.6 Å². The highest BCUT2D eigenvalue weighted by atomic mass is 16.4. The van der Waals surface area contributed by atoms with Gasteiger partial charge in [0.15, 0.2) is 5.82 Å². The number of piperidine rings is 1. The molecule has 3 heterocycles. The zero-order valence-electron chi connectivity index (χ0n) is 21.5. The molecule has 4 fully saturated rings. The highest BCUT2D eigenvalue weighted by molar-refractivity contribution is 5.81. The molecule has 0 radical (unpaired) electrons. The molecule has 7 heteroatoms. The topological polar surface area (TPSA) is 78.7 Å². The summed E-state index contributed by atoms with van der Waals surface area (Å²) in [7, 11) is 0. The minimum absolute atomic E-state index is 0.115. The molecule has 0 amide bonds. The maximum Gasteiger partial charge on any atom is 0.326 e. The molecule has 6 rings (SSSR count). The Hall–Kier alpha value is -2.41. The first-order chi connectivity index (χ1) is 17.5. The predicted octanol–water partition coefficient (Wildman–Crippen LogP) is 4.83. The van der Waals surface area contributed by atoms with Gasteiger partial charge in [-0.05, 0) is 68.9 Å². The number of hydrogen-bond donors (Lipinski definition) is 1. The van der Waals surface area contributed by atoms with Gasteiger partial charge in [-0.1, -0.05) is 44.7 Å². The SMILES string of the molecule is CCC[C@H]1C[C@@H](n2c(=O)c(N3CC[C@H]3C(=O)O)nc3ccccc32)CCN1C1C[C@H]2CCC[C@@H](C1)C2. The summed E-state index contributed by atoms with van der Waals surface area (Å²) in [5, 5.41) is 9.61. The van der Waals surface area contributed by atoms with Gasteiger partial charge in [0.1, 0.15) is 6.04 Å². The van der Waals surface area contributed by atoms with Crippen molar-refractivity contribution in [1.29, 1.82) is 0 Å². The number of carboxylic acid groups (broad SMARTS) is 1. The molecule has 2 aromatic rings. The van der Waals surface area contributed by atoms with Gasteiger partial charge in [0, 0.05) is 31.2 Å². The van der Waals surface area contributed by atoms with E-state index in [1.54, 1.807) is 4.90 Å². The fourth-order valence-electron chi connectivity index (χ4n) is 7.94. The average molecular weight is 493 g/mol. The Labute approximate surface area is 213 Å². The van der Waals surface area contributed by atoms with Crippen LogP contribution in [0.1, 0.15) is 83.6 Å². The lowest BCUT2D eigenvalue weighted by molar-refractivity contribution is -0.140. The molecule has 0 spiro atoms. The van der Waals surface area contributed by atoms with E-state index in [0.717, 1.165) is 48.7 Å². The van der Waals surface area contributed by atoms with Crippen molar-refractivity contribution in [2.45, 2.75) is 102 Å². The Morgan fingerprint density at radius 2 is 1.78 bits per heavy atom. The standard InChI is InChI=1S/C29H40N4O3/c1-2-6-21-18-22(11-13-31(21)23-16-19-7-5-8-20(15-19)17-23)33-25-10-4-3-9-24(25)30-27(28(33)34)32-14-12-26(32)29(35)36/h3-4,9-10,19-23,26H,2,5-8,11-18H2,1H3,(H,35,36)/t19-,20+,21-,22-,23?,26-/m0/s1. The summed E-state index contributed by atoms with van der Waals surface area (Å²) in [6.45, 7) is 3.89. The van der Waals surface area contributed by atoms with E-state index in [2.05, 4.69) is 16.8 Å². The summed E-state index contributed by atoms with van der Waals surface area (Å²) in [6, 6.07) is 8.53. The first kappa shape index (κ1) is 24.0. The van der Waals surface area contributed by atoms with Crippen LogP contribution in [0.5, 0.6) is 0 Å². The molecule has 2 saturated carbocycles. The van der Waals surface area contributed by atoms with Gasteiger partial charge in [-0.2, -0.15) is 0 Å². The number of para-hydroxylation sites is 2. The van der Waals surface area contributed by atoms with Crippen molar-refractivity contribution in [3.8, 4) is 0 Å². The normalized spacial score (nSPS) is 32.9. The van der Waals surface area contributed by atoms with Gasteiger partial charge in [0.2, 0.25) is 0 Å². The second kappa shape index (κ2) is 9.81. The van der Waals surface area contributed by atoms with E-state index >= 15 is 0 Å². The van der Waals surface area contributed by atoms with Gasteiger partial charge < -0.3 is 14.6 Å². The van der Waals surface area contributed by atoms with Crippen molar-refractivity contribution in [3.63, 3.8) is 0 Å². The van der Waals surface area contributed by atoms with Crippen LogP contribution in [-0.4, -0.2) is 56.7 Å². The number of aromatic nitrogens is 2. The lowest BCUT2D eigenvalue weighted by Crippen LogP contribution is -2.55. The molecule has 7 nitrogen and oxygen atoms in total. The molecule has 36 heavy (non-hydrogen) atoms. The minimum Gasteiger partial charge on any atom is -0.480 e. The number of carboxylic acids is 1. The first-order valence-corrected chi connectivity index (χ1v) is 14.3. The van der Waals surface area contributed by atoms with Crippen molar-refractivity contribution in [2.24, 2.45) is 11.8 Å². The molecule has 194 valence electrons. The number of hydrogen-bond acceptors (Lipinski definition) is 5. The summed E-state index contributed by atoms with van der Waals surface area (Å²) in [4.78, 5) is 34.8. The molecule has 1 aromatic heterocycles. The number of rotatable bonds is 6. The smallest absolute Gasteiger partial charge is 0.326 e. The molecule has 4 aliphatic rings. The Kier molecular flexibility index (Phi) is 6.53. The minimum atomic E-state index is -0.879. The molecule has 2 aliphatic heterocycles. The summed E-state index contributed by atoms with van der Waals surface area (Å²) in [5.74, 6) is 1.25. The van der Waals surface area contributed by atoms with Crippen LogP contribution < -0.4 is 10.5 Å². The highest BCUT2D eigenvalue weighted by Crippen LogP contribution is 2.44. The monoisotopic (exact) mass is 492 g/mol. The Bertz CT molecular complexity index is 1170. The zero-order chi connectivity index (χ0) is 24.8. The molecule has 2 saturated heterocycles. The molecular formula is C29H40N4O3. The maximum absolute atomic E-state index is 13.9. The Morgan fingerprint density at radius 1 is 1.00 bits per heavy atom. The van der Waals surface area contributed by atoms with E-state index in [4.69, 9.17) is 0 Å². The second-order valence-electron chi connectivity index (χ2n) is 11.8. The van der Waals surface area contributed by atoms with Gasteiger partial charge in [-0.15, -0.1) is 0 Å². The maximum atomic E-state index is 13.9. The molecule has 1 unspecified atom stereocenters. The lowest BCUT2D eigenvalue weighted by atomic mass is 9.69. The van der Waals surface area contributed by atoms with Gasteiger partial charge in [-0.3, -0.25) is 9.69 Å². The van der Waals surface area contributed by atoms with Crippen molar-refractivity contribution in [3.05, 3.63) is 34.6 Å². The van der Waals surface area contributed by atoms with Crippen molar-refractivity contribution < 1.29 is 9.90 Å². The quantitative estimate of drug-likeness (QED) is 0.622. The van der Waals surface area contributed by atoms with E-state index < -0.39 is 12.0 Å². The number of fused-ring (bicyclic) bond motifs is 3. The van der Waals surface area contributed by atoms with Crippen LogP contribution in [0.2, 0.25) is 0 Å². The van der Waals surface area contributed by atoms with Crippen LogP contribution >= 0.6 is 0 Å². The lowest BCUT2D eigenvalue weighted by Gasteiger charge is -2.49. The van der Waals surface area contributed by atoms with Crippen LogP contribution in [0.25, 0.3) is 11.0 Å². The molecule has 2 aliphatic carbocycles. The third-order valence-corrected chi connectivity index (χ3v) is 9.65. The van der Waals surface area contributed by atoms with Crippen LogP contribution in [-0.2, 0) is 4.79 Å². The van der Waals surface area contributed by atoms with Gasteiger partial charge in [0.05, 0.1) is 11.0 Å². The molecular weight excluding hydrogens is 452 g/mol. The van der Waals surface area contributed by atoms with Gasteiger partial charge >= 0.3 is 5.97 Å². The third-order valence-electron chi connectivity index (χ3n) is 9.65. The van der Waals surface area contributed by atoms with Crippen molar-refractivity contribution >= 4 is 22.8 Å². The fourth-order valence-corrected chi connectivity index (χ4v) is 7.94. The third kappa shape index (κ3) is 4.23. The number of carbonyl (C=O) groups is 1. The summed E-state index contributed by atoms with van der Waals surface area (Å²) < 4.78 is 1.98. The summed E-state index contributed by atoms with van der Waals surface area (Å²) in [5.41, 5.74) is 1.53. The van der Waals surface area contributed by atoms with Gasteiger partial charge in [0.25, 0.3) is 5.56 Å². The number of likely N-dealkylation sites (tertiary alicyclic amines) is 1. The number of benzene rings is 1. The van der Waals surface area contributed by atoms with E-state index in [1.165, 1.54) is 44.9 Å². The van der Waals surface area contributed by atoms with Crippen molar-refractivity contribution in [1.82, 2.24) is 14.5 Å². The molecule has 1 N–H and O–H groups in total. The number of aliphatic carboxylic acids is 1. The second-order valence-corrected chi connectivity index (χ2v) is 11.8. The summed E-state index contributed by atoms with van der Waals surface area (Å²) in [6.07, 6.45) is 13.2. The summed E-state index contributed by atoms with van der Waals surface area (Å²) >= 11 is 0. The van der Waals surface area contributed by atoms with E-state index in [9.17, 15) is 14.7 Å². The van der Waals surface area contributed by atoms with Crippen LogP contribution in [0.15, 0.2) is 29.1 Å². The zero-order valence-corrected chi connectivity index (χ0v) is 21.5. The van der Waals surface area contributed by atoms with Gasteiger partial charge in [-0.25, -0.2) is 9.78 Å². The fraction of sp³-hybridized carbons (Fsp3) is 0.690. The largest absolute Gasteiger partial charge is 0.480 e. The molecule has 2 bridgehead atoms. The van der Waals surface area contributed by atoms with E-state index in [0.29, 0.717) is 30.9 Å². The Balaban J connectivity index is 1.32. The van der Waals surface area contributed by atoms with Crippen molar-refractivity contribution in [2.75, 3.05) is 18.0 Å².